The van der Waals surface area contributed by atoms with E-state index in [-0.39, 0.29) is 6.03 Å². The maximum Gasteiger partial charge on any atom is 0.319 e. The molecule has 1 aliphatic heterocycles. The molecular weight excluding hydrogens is 276 g/mol. The Morgan fingerprint density at radius 2 is 2.10 bits per heavy atom. The number of hydrogen-bond donors (Lipinski definition) is 0. The van der Waals surface area contributed by atoms with Crippen LogP contribution in [0.2, 0.25) is 5.02 Å². The largest absolute Gasteiger partial charge is 0.493 e. The molecule has 0 aliphatic carbocycles. The maximum absolute atomic E-state index is 12.0. The maximum atomic E-state index is 12.0. The minimum absolute atomic E-state index is 0.0844. The van der Waals surface area contributed by atoms with Crippen molar-refractivity contribution >= 4 is 17.6 Å². The zero-order valence-corrected chi connectivity index (χ0v) is 12.8. The highest BCUT2D eigenvalue weighted by molar-refractivity contribution is 6.30. The number of piperidine rings is 1. The summed E-state index contributed by atoms with van der Waals surface area (Å²) >= 11 is 5.84. The van der Waals surface area contributed by atoms with E-state index in [9.17, 15) is 4.79 Å². The second-order valence-electron chi connectivity index (χ2n) is 5.40. The van der Waals surface area contributed by atoms with Crippen molar-refractivity contribution < 1.29 is 9.53 Å². The third-order valence-corrected chi connectivity index (χ3v) is 3.72. The van der Waals surface area contributed by atoms with Crippen LogP contribution in [-0.2, 0) is 0 Å². The molecule has 1 heterocycles. The number of likely N-dealkylation sites (tertiary alicyclic amines) is 1. The molecule has 1 aromatic rings. The number of rotatable bonds is 3. The molecule has 110 valence electrons. The van der Waals surface area contributed by atoms with Crippen molar-refractivity contribution in [3.63, 3.8) is 0 Å². The van der Waals surface area contributed by atoms with E-state index in [2.05, 4.69) is 0 Å². The number of carbonyl (C=O) groups excluding carboxylic acids is 1. The van der Waals surface area contributed by atoms with Gasteiger partial charge in [-0.1, -0.05) is 11.6 Å². The molecule has 4 nitrogen and oxygen atoms in total. The Labute approximate surface area is 125 Å². The molecule has 1 aliphatic rings. The Balaban J connectivity index is 1.84. The topological polar surface area (TPSA) is 32.8 Å². The van der Waals surface area contributed by atoms with Crippen molar-refractivity contribution in [1.82, 2.24) is 9.80 Å². The van der Waals surface area contributed by atoms with E-state index in [4.69, 9.17) is 16.3 Å². The van der Waals surface area contributed by atoms with Crippen LogP contribution in [0.25, 0.3) is 0 Å². The van der Waals surface area contributed by atoms with E-state index >= 15 is 0 Å². The number of nitrogens with zero attached hydrogens (tertiary/aromatic N) is 2. The number of halogens is 1. The van der Waals surface area contributed by atoms with Gasteiger partial charge in [-0.25, -0.2) is 4.79 Å². The first-order valence-corrected chi connectivity index (χ1v) is 7.28. The Kier molecular flexibility index (Phi) is 5.12. The summed E-state index contributed by atoms with van der Waals surface area (Å²) in [6, 6.07) is 7.46. The molecule has 0 saturated carbocycles. The minimum Gasteiger partial charge on any atom is -0.493 e. The predicted octanol–water partition coefficient (Wildman–Crippen LogP) is 3.11. The van der Waals surface area contributed by atoms with Gasteiger partial charge < -0.3 is 14.5 Å². The number of amides is 2. The van der Waals surface area contributed by atoms with Gasteiger partial charge in [-0.05, 0) is 37.1 Å². The molecule has 2 rings (SSSR count). The van der Waals surface area contributed by atoms with Crippen LogP contribution in [0.3, 0.4) is 0 Å². The van der Waals surface area contributed by atoms with Crippen LogP contribution in [0.4, 0.5) is 4.79 Å². The highest BCUT2D eigenvalue weighted by Gasteiger charge is 2.24. The van der Waals surface area contributed by atoms with Crippen molar-refractivity contribution in [3.8, 4) is 5.75 Å². The van der Waals surface area contributed by atoms with Crippen LogP contribution in [0.1, 0.15) is 12.8 Å². The molecule has 1 unspecified atom stereocenters. The number of hydrogen-bond acceptors (Lipinski definition) is 2. The van der Waals surface area contributed by atoms with E-state index in [0.717, 1.165) is 31.7 Å². The molecule has 1 saturated heterocycles. The lowest BCUT2D eigenvalue weighted by atomic mass is 9.99. The van der Waals surface area contributed by atoms with Gasteiger partial charge in [0.2, 0.25) is 0 Å². The van der Waals surface area contributed by atoms with Crippen molar-refractivity contribution in [2.45, 2.75) is 12.8 Å². The van der Waals surface area contributed by atoms with Gasteiger partial charge in [0.05, 0.1) is 6.61 Å². The van der Waals surface area contributed by atoms with Crippen LogP contribution in [0, 0.1) is 5.92 Å². The third-order valence-electron chi connectivity index (χ3n) is 3.47. The summed E-state index contributed by atoms with van der Waals surface area (Å²) < 4.78 is 5.78. The van der Waals surface area contributed by atoms with Gasteiger partial charge in [0, 0.05) is 38.1 Å². The highest BCUT2D eigenvalue weighted by Crippen LogP contribution is 2.20. The van der Waals surface area contributed by atoms with Crippen LogP contribution >= 0.6 is 11.6 Å². The van der Waals surface area contributed by atoms with Gasteiger partial charge in [-0.3, -0.25) is 0 Å². The minimum atomic E-state index is 0.0844. The molecule has 20 heavy (non-hydrogen) atoms. The molecule has 1 atom stereocenters. The number of carbonyl (C=O) groups is 1. The molecular formula is C15H21ClN2O2. The Morgan fingerprint density at radius 1 is 1.40 bits per heavy atom. The number of ether oxygens (including phenoxy) is 1. The van der Waals surface area contributed by atoms with Gasteiger partial charge in [0.25, 0.3) is 0 Å². The zero-order chi connectivity index (χ0) is 14.5. The van der Waals surface area contributed by atoms with E-state index in [0.29, 0.717) is 17.5 Å². The first kappa shape index (κ1) is 15.0. The summed E-state index contributed by atoms with van der Waals surface area (Å²) in [7, 11) is 3.58. The summed E-state index contributed by atoms with van der Waals surface area (Å²) in [5.74, 6) is 1.22. The zero-order valence-electron chi connectivity index (χ0n) is 12.0. The molecule has 0 spiro atoms. The lowest BCUT2D eigenvalue weighted by Gasteiger charge is -2.34. The Bertz CT molecular complexity index is 448. The fourth-order valence-electron chi connectivity index (χ4n) is 2.40. The van der Waals surface area contributed by atoms with Crippen molar-refractivity contribution in [2.75, 3.05) is 33.8 Å². The quantitative estimate of drug-likeness (QED) is 0.858. The first-order chi connectivity index (χ1) is 9.56. The van der Waals surface area contributed by atoms with E-state index in [1.807, 2.05) is 29.2 Å². The Hall–Kier alpha value is -1.42. The molecule has 0 bridgehead atoms. The van der Waals surface area contributed by atoms with Gasteiger partial charge in [-0.15, -0.1) is 0 Å². The summed E-state index contributed by atoms with van der Waals surface area (Å²) in [6.07, 6.45) is 2.14. The fraction of sp³-hybridized carbons (Fsp3) is 0.533. The summed E-state index contributed by atoms with van der Waals surface area (Å²) in [5.41, 5.74) is 0. The van der Waals surface area contributed by atoms with Gasteiger partial charge in [0.1, 0.15) is 5.75 Å². The predicted molar refractivity (Wildman–Crippen MR) is 80.3 cm³/mol. The van der Waals surface area contributed by atoms with E-state index in [1.165, 1.54) is 0 Å². The van der Waals surface area contributed by atoms with Gasteiger partial charge in [0.15, 0.2) is 0 Å². The van der Waals surface area contributed by atoms with Gasteiger partial charge >= 0.3 is 6.03 Å². The summed E-state index contributed by atoms with van der Waals surface area (Å²) in [4.78, 5) is 15.5. The lowest BCUT2D eigenvalue weighted by Crippen LogP contribution is -2.46. The van der Waals surface area contributed by atoms with Crippen molar-refractivity contribution in [3.05, 3.63) is 29.3 Å². The Morgan fingerprint density at radius 3 is 2.75 bits per heavy atom. The average Bonchev–Trinajstić information content (AvgIpc) is 2.46. The van der Waals surface area contributed by atoms with E-state index in [1.54, 1.807) is 19.0 Å². The smallest absolute Gasteiger partial charge is 0.319 e. The first-order valence-electron chi connectivity index (χ1n) is 6.91. The van der Waals surface area contributed by atoms with E-state index < -0.39 is 0 Å². The standard InChI is InChI=1S/C15H21ClN2O2/c1-17(2)15(19)18-9-3-4-12(10-18)11-20-14-7-5-13(16)6-8-14/h5-8,12H,3-4,9-11H2,1-2H3. The van der Waals surface area contributed by atoms with Crippen LogP contribution in [0.15, 0.2) is 24.3 Å². The number of benzene rings is 1. The normalized spacial score (nSPS) is 18.8. The van der Waals surface area contributed by atoms with Crippen LogP contribution in [-0.4, -0.2) is 49.6 Å². The second kappa shape index (κ2) is 6.84. The van der Waals surface area contributed by atoms with Crippen LogP contribution < -0.4 is 4.74 Å². The highest BCUT2D eigenvalue weighted by atomic mass is 35.5. The molecule has 0 radical (unpaired) electrons. The lowest BCUT2D eigenvalue weighted by molar-refractivity contribution is 0.122. The molecule has 2 amide bonds. The fourth-order valence-corrected chi connectivity index (χ4v) is 2.53. The van der Waals surface area contributed by atoms with Crippen molar-refractivity contribution in [1.29, 1.82) is 0 Å². The second-order valence-corrected chi connectivity index (χ2v) is 5.83. The molecule has 1 aromatic carbocycles. The monoisotopic (exact) mass is 296 g/mol. The van der Waals surface area contributed by atoms with Crippen LogP contribution in [0.5, 0.6) is 5.75 Å². The number of urea groups is 1. The molecule has 0 aromatic heterocycles. The summed E-state index contributed by atoms with van der Waals surface area (Å²) in [5, 5.41) is 0.706. The van der Waals surface area contributed by atoms with Gasteiger partial charge in [-0.2, -0.15) is 0 Å². The van der Waals surface area contributed by atoms with Crippen molar-refractivity contribution in [2.24, 2.45) is 5.92 Å². The average molecular weight is 297 g/mol. The third kappa shape index (κ3) is 4.04. The molecule has 5 heteroatoms. The molecule has 0 N–H and O–H groups in total. The SMILES string of the molecule is CN(C)C(=O)N1CCCC(COc2ccc(Cl)cc2)C1. The summed E-state index contributed by atoms with van der Waals surface area (Å²) in [6.45, 7) is 2.25. The molecule has 1 fully saturated rings.